The van der Waals surface area contributed by atoms with Crippen molar-refractivity contribution in [2.45, 2.75) is 45.0 Å². The van der Waals surface area contributed by atoms with Crippen LogP contribution in [0.15, 0.2) is 42.5 Å². The van der Waals surface area contributed by atoms with Gasteiger partial charge in [-0.05, 0) is 54.7 Å². The Morgan fingerprint density at radius 2 is 1.71 bits per heavy atom. The Bertz CT molecular complexity index is 715. The third kappa shape index (κ3) is 6.19. The number of halogens is 1. The maximum atomic E-state index is 10.2. The zero-order valence-corrected chi connectivity index (χ0v) is 17.1. The lowest BCUT2D eigenvalue weighted by Crippen LogP contribution is -2.30. The predicted octanol–water partition coefficient (Wildman–Crippen LogP) is 3.51. The Morgan fingerprint density at radius 1 is 1.00 bits per heavy atom. The van der Waals surface area contributed by atoms with Crippen LogP contribution in [0.1, 0.15) is 43.1 Å². The van der Waals surface area contributed by atoms with Crippen LogP contribution in [0.5, 0.6) is 5.75 Å². The summed E-state index contributed by atoms with van der Waals surface area (Å²) in [4.78, 5) is 0. The highest BCUT2D eigenvalue weighted by atomic mass is 35.5. The number of hydrogen-bond acceptors (Lipinski definition) is 5. The van der Waals surface area contributed by atoms with Crippen molar-refractivity contribution in [3.63, 3.8) is 0 Å². The van der Waals surface area contributed by atoms with E-state index in [2.05, 4.69) is 0 Å². The molecule has 0 aliphatic carbocycles. The van der Waals surface area contributed by atoms with Crippen LogP contribution in [0.4, 0.5) is 0 Å². The number of aliphatic hydroxyl groups is 3. The molecule has 0 saturated heterocycles. The fourth-order valence-corrected chi connectivity index (χ4v) is 3.14. The molecule has 0 spiro atoms. The molecule has 5 nitrogen and oxygen atoms in total. The predicted molar refractivity (Wildman–Crippen MR) is 110 cm³/mol. The first-order valence-corrected chi connectivity index (χ1v) is 9.95. The van der Waals surface area contributed by atoms with Crippen molar-refractivity contribution in [3.8, 4) is 5.75 Å². The SMILES string of the molecule is CCOc1ccc(Cc2cc(C(OC(CC)CO)C(O)CO)ccc2Cl)cc1. The summed E-state index contributed by atoms with van der Waals surface area (Å²) in [6, 6.07) is 13.2. The van der Waals surface area contributed by atoms with E-state index >= 15 is 0 Å². The number of hydrogen-bond donors (Lipinski definition) is 3. The van der Waals surface area contributed by atoms with E-state index in [0.717, 1.165) is 16.9 Å². The highest BCUT2D eigenvalue weighted by Gasteiger charge is 2.25. The molecule has 0 aliphatic rings. The summed E-state index contributed by atoms with van der Waals surface area (Å²) in [7, 11) is 0. The van der Waals surface area contributed by atoms with Crippen molar-refractivity contribution < 1.29 is 24.8 Å². The Hall–Kier alpha value is -1.63. The van der Waals surface area contributed by atoms with Crippen molar-refractivity contribution in [2.75, 3.05) is 19.8 Å². The molecule has 0 radical (unpaired) electrons. The molecule has 3 N–H and O–H groups in total. The largest absolute Gasteiger partial charge is 0.494 e. The number of benzene rings is 2. The van der Waals surface area contributed by atoms with Gasteiger partial charge in [-0.15, -0.1) is 0 Å². The maximum absolute atomic E-state index is 10.2. The van der Waals surface area contributed by atoms with Gasteiger partial charge in [-0.1, -0.05) is 42.8 Å². The number of aliphatic hydroxyl groups excluding tert-OH is 3. The first kappa shape index (κ1) is 22.7. The first-order valence-electron chi connectivity index (χ1n) is 9.57. The van der Waals surface area contributed by atoms with Crippen molar-refractivity contribution in [1.29, 1.82) is 0 Å². The highest BCUT2D eigenvalue weighted by Crippen LogP contribution is 2.29. The summed E-state index contributed by atoms with van der Waals surface area (Å²) in [6.45, 7) is 3.86. The minimum absolute atomic E-state index is 0.155. The molecule has 6 heteroatoms. The summed E-state index contributed by atoms with van der Waals surface area (Å²) in [5, 5.41) is 29.7. The smallest absolute Gasteiger partial charge is 0.119 e. The summed E-state index contributed by atoms with van der Waals surface area (Å²) >= 11 is 6.39. The zero-order valence-electron chi connectivity index (χ0n) is 16.3. The topological polar surface area (TPSA) is 79.2 Å². The number of ether oxygens (including phenoxy) is 2. The lowest BCUT2D eigenvalue weighted by molar-refractivity contribution is -0.107. The second-order valence-corrected chi connectivity index (χ2v) is 7.03. The van der Waals surface area contributed by atoms with E-state index in [1.165, 1.54) is 0 Å². The lowest BCUT2D eigenvalue weighted by Gasteiger charge is -2.27. The first-order chi connectivity index (χ1) is 13.5. The Balaban J connectivity index is 2.25. The van der Waals surface area contributed by atoms with Crippen LogP contribution < -0.4 is 4.74 Å². The molecule has 28 heavy (non-hydrogen) atoms. The van der Waals surface area contributed by atoms with Gasteiger partial charge in [0, 0.05) is 5.02 Å². The zero-order chi connectivity index (χ0) is 20.5. The van der Waals surface area contributed by atoms with E-state index in [1.807, 2.05) is 44.2 Å². The summed E-state index contributed by atoms with van der Waals surface area (Å²) in [5.74, 6) is 0.820. The quantitative estimate of drug-likeness (QED) is 0.530. The Morgan fingerprint density at radius 3 is 2.29 bits per heavy atom. The van der Waals surface area contributed by atoms with Crippen LogP contribution in [0.3, 0.4) is 0 Å². The van der Waals surface area contributed by atoms with E-state index in [-0.39, 0.29) is 6.61 Å². The molecule has 0 amide bonds. The standard InChI is InChI=1S/C22H29ClO5/c1-3-18(13-24)28-22(21(26)14-25)16-7-10-20(23)17(12-16)11-15-5-8-19(9-6-15)27-4-2/h5-10,12,18,21-22,24-26H,3-4,11,13-14H2,1-2H3. The second-order valence-electron chi connectivity index (χ2n) is 6.62. The average Bonchev–Trinajstić information content (AvgIpc) is 2.72. The Kier molecular flexibility index (Phi) is 9.22. The molecule has 0 saturated carbocycles. The molecular formula is C22H29ClO5. The molecule has 0 aromatic heterocycles. The molecule has 2 aromatic carbocycles. The molecule has 2 aromatic rings. The van der Waals surface area contributed by atoms with Gasteiger partial charge < -0.3 is 24.8 Å². The minimum atomic E-state index is -1.10. The van der Waals surface area contributed by atoms with Gasteiger partial charge in [0.1, 0.15) is 18.0 Å². The minimum Gasteiger partial charge on any atom is -0.494 e. The van der Waals surface area contributed by atoms with E-state index in [9.17, 15) is 15.3 Å². The normalized spacial score (nSPS) is 14.5. The summed E-state index contributed by atoms with van der Waals surface area (Å²) in [6.07, 6.45) is -1.06. The van der Waals surface area contributed by atoms with Crippen LogP contribution in [-0.2, 0) is 11.2 Å². The van der Waals surface area contributed by atoms with E-state index in [4.69, 9.17) is 21.1 Å². The third-order valence-electron chi connectivity index (χ3n) is 4.56. The molecule has 0 aliphatic heterocycles. The molecule has 0 fully saturated rings. The second kappa shape index (κ2) is 11.4. The highest BCUT2D eigenvalue weighted by molar-refractivity contribution is 6.31. The molecule has 0 bridgehead atoms. The van der Waals surface area contributed by atoms with E-state index < -0.39 is 24.9 Å². The monoisotopic (exact) mass is 408 g/mol. The van der Waals surface area contributed by atoms with Gasteiger partial charge in [-0.2, -0.15) is 0 Å². The van der Waals surface area contributed by atoms with Gasteiger partial charge in [-0.25, -0.2) is 0 Å². The fourth-order valence-electron chi connectivity index (χ4n) is 2.96. The van der Waals surface area contributed by atoms with Crippen molar-refractivity contribution in [2.24, 2.45) is 0 Å². The molecule has 2 rings (SSSR count). The average molecular weight is 409 g/mol. The number of rotatable bonds is 11. The van der Waals surface area contributed by atoms with Crippen molar-refractivity contribution in [1.82, 2.24) is 0 Å². The maximum Gasteiger partial charge on any atom is 0.119 e. The summed E-state index contributed by atoms with van der Waals surface area (Å²) < 4.78 is 11.3. The third-order valence-corrected chi connectivity index (χ3v) is 4.93. The molecule has 3 atom stereocenters. The molecule has 0 heterocycles. The molecular weight excluding hydrogens is 380 g/mol. The van der Waals surface area contributed by atoms with E-state index in [0.29, 0.717) is 30.0 Å². The van der Waals surface area contributed by atoms with Gasteiger partial charge >= 0.3 is 0 Å². The molecule has 3 unspecified atom stereocenters. The fraction of sp³-hybridized carbons (Fsp3) is 0.455. The van der Waals surface area contributed by atoms with Gasteiger partial charge in [0.25, 0.3) is 0 Å². The van der Waals surface area contributed by atoms with Gasteiger partial charge in [-0.3, -0.25) is 0 Å². The van der Waals surface area contributed by atoms with Gasteiger partial charge in [0.2, 0.25) is 0 Å². The van der Waals surface area contributed by atoms with Crippen LogP contribution in [0.25, 0.3) is 0 Å². The van der Waals surface area contributed by atoms with Crippen LogP contribution in [0, 0.1) is 0 Å². The van der Waals surface area contributed by atoms with E-state index in [1.54, 1.807) is 12.1 Å². The van der Waals surface area contributed by atoms with Gasteiger partial charge in [0.15, 0.2) is 0 Å². The van der Waals surface area contributed by atoms with Crippen LogP contribution >= 0.6 is 11.6 Å². The van der Waals surface area contributed by atoms with Crippen LogP contribution in [0.2, 0.25) is 5.02 Å². The summed E-state index contributed by atoms with van der Waals surface area (Å²) in [5.41, 5.74) is 2.67. The van der Waals surface area contributed by atoms with Crippen LogP contribution in [-0.4, -0.2) is 47.3 Å². The van der Waals surface area contributed by atoms with Crippen molar-refractivity contribution in [3.05, 3.63) is 64.2 Å². The van der Waals surface area contributed by atoms with Crippen molar-refractivity contribution >= 4 is 11.6 Å². The Labute approximate surface area is 171 Å². The molecule has 154 valence electrons. The lowest BCUT2D eigenvalue weighted by atomic mass is 9.98. The van der Waals surface area contributed by atoms with Gasteiger partial charge in [0.05, 0.1) is 25.9 Å².